The third kappa shape index (κ3) is 6.47. The van der Waals surface area contributed by atoms with Gasteiger partial charge in [-0.05, 0) is 26.2 Å². The number of aliphatic hydroxyl groups excluding tert-OH is 2. The number of hydrogen-bond donors (Lipinski definition) is 3. The number of carboxylic acid groups (broad SMARTS) is 1. The van der Waals surface area contributed by atoms with Crippen LogP contribution in [0.2, 0.25) is 0 Å². The molecule has 0 saturated carbocycles. The van der Waals surface area contributed by atoms with Crippen molar-refractivity contribution in [1.82, 2.24) is 0 Å². The van der Waals surface area contributed by atoms with Crippen molar-refractivity contribution < 1.29 is 29.6 Å². The number of allylic oxidation sites excluding steroid dienone is 1. The van der Waals surface area contributed by atoms with E-state index in [-0.39, 0.29) is 12.5 Å². The monoisotopic (exact) mass is 288 g/mol. The molecule has 0 amide bonds. The standard InChI is InChI=1S/C14H24O6/c1-10-11(15)9-12(16)14(20-10)19-8-6-4-2-3-5-7-13(17)18/h5,7,10-12,14-16H,2-4,6,8-9H2,1H3,(H,17,18)/b7-5+/t10-,11+,12+,14+/m0/s1. The molecule has 0 bridgehead atoms. The second-order valence-electron chi connectivity index (χ2n) is 5.04. The molecule has 3 N–H and O–H groups in total. The maximum absolute atomic E-state index is 10.2. The Hall–Kier alpha value is -0.950. The normalized spacial score (nSPS) is 30.8. The van der Waals surface area contributed by atoms with E-state index in [0.717, 1.165) is 31.8 Å². The first-order valence-corrected chi connectivity index (χ1v) is 7.03. The van der Waals surface area contributed by atoms with Gasteiger partial charge in [-0.1, -0.05) is 12.5 Å². The first kappa shape index (κ1) is 17.1. The smallest absolute Gasteiger partial charge is 0.327 e. The Balaban J connectivity index is 2.05. The van der Waals surface area contributed by atoms with Crippen LogP contribution < -0.4 is 0 Å². The van der Waals surface area contributed by atoms with Gasteiger partial charge in [0, 0.05) is 19.1 Å². The lowest BCUT2D eigenvalue weighted by molar-refractivity contribution is -0.261. The second kappa shape index (κ2) is 9.07. The highest BCUT2D eigenvalue weighted by Crippen LogP contribution is 2.21. The Labute approximate surface area is 119 Å². The fourth-order valence-corrected chi connectivity index (χ4v) is 2.02. The molecule has 1 aliphatic heterocycles. The van der Waals surface area contributed by atoms with Crippen molar-refractivity contribution in [3.63, 3.8) is 0 Å². The molecule has 0 aromatic carbocycles. The van der Waals surface area contributed by atoms with Crippen LogP contribution in [0.4, 0.5) is 0 Å². The van der Waals surface area contributed by atoms with Crippen LogP contribution in [0.3, 0.4) is 0 Å². The Morgan fingerprint density at radius 1 is 1.30 bits per heavy atom. The van der Waals surface area contributed by atoms with Gasteiger partial charge in [0.25, 0.3) is 0 Å². The zero-order valence-corrected chi connectivity index (χ0v) is 11.8. The first-order valence-electron chi connectivity index (χ1n) is 7.03. The molecule has 0 radical (unpaired) electrons. The Morgan fingerprint density at radius 2 is 2.05 bits per heavy atom. The molecule has 0 aromatic heterocycles. The molecule has 1 fully saturated rings. The predicted octanol–water partition coefficient (Wildman–Crippen LogP) is 1.06. The van der Waals surface area contributed by atoms with Crippen molar-refractivity contribution in [2.75, 3.05) is 6.61 Å². The lowest BCUT2D eigenvalue weighted by Gasteiger charge is -2.35. The molecular formula is C14H24O6. The molecule has 1 aliphatic rings. The summed E-state index contributed by atoms with van der Waals surface area (Å²) in [5.41, 5.74) is 0. The van der Waals surface area contributed by atoms with Gasteiger partial charge in [-0.3, -0.25) is 0 Å². The van der Waals surface area contributed by atoms with Gasteiger partial charge in [0.2, 0.25) is 0 Å². The van der Waals surface area contributed by atoms with Crippen LogP contribution in [0.15, 0.2) is 12.2 Å². The van der Waals surface area contributed by atoms with E-state index in [1.807, 2.05) is 0 Å². The topological polar surface area (TPSA) is 96.2 Å². The average molecular weight is 288 g/mol. The molecule has 1 heterocycles. The molecule has 4 atom stereocenters. The maximum atomic E-state index is 10.2. The quantitative estimate of drug-likeness (QED) is 0.456. The summed E-state index contributed by atoms with van der Waals surface area (Å²) < 4.78 is 10.8. The van der Waals surface area contributed by atoms with E-state index >= 15 is 0 Å². The number of ether oxygens (including phenoxy) is 2. The summed E-state index contributed by atoms with van der Waals surface area (Å²) in [5, 5.41) is 27.6. The number of aliphatic carboxylic acids is 1. The highest BCUT2D eigenvalue weighted by Gasteiger charge is 2.34. The molecule has 1 saturated heterocycles. The van der Waals surface area contributed by atoms with Crippen molar-refractivity contribution >= 4 is 5.97 Å². The first-order chi connectivity index (χ1) is 9.50. The fourth-order valence-electron chi connectivity index (χ4n) is 2.02. The summed E-state index contributed by atoms with van der Waals surface area (Å²) in [4.78, 5) is 10.2. The van der Waals surface area contributed by atoms with Gasteiger partial charge >= 0.3 is 5.97 Å². The van der Waals surface area contributed by atoms with Gasteiger partial charge < -0.3 is 24.8 Å². The van der Waals surface area contributed by atoms with Gasteiger partial charge in [0.1, 0.15) is 6.10 Å². The number of hydrogen-bond acceptors (Lipinski definition) is 5. The molecule has 1 rings (SSSR count). The van der Waals surface area contributed by atoms with Gasteiger partial charge in [-0.15, -0.1) is 0 Å². The second-order valence-corrected chi connectivity index (χ2v) is 5.04. The summed E-state index contributed by atoms with van der Waals surface area (Å²) in [7, 11) is 0. The van der Waals surface area contributed by atoms with Crippen LogP contribution in [0.5, 0.6) is 0 Å². The lowest BCUT2D eigenvalue weighted by Crippen LogP contribution is -2.47. The van der Waals surface area contributed by atoms with E-state index in [4.69, 9.17) is 14.6 Å². The number of carbonyl (C=O) groups is 1. The van der Waals surface area contributed by atoms with E-state index in [2.05, 4.69) is 0 Å². The highest BCUT2D eigenvalue weighted by molar-refractivity contribution is 5.79. The Kier molecular flexibility index (Phi) is 7.76. The molecule has 0 spiro atoms. The third-order valence-corrected chi connectivity index (χ3v) is 3.25. The molecule has 116 valence electrons. The highest BCUT2D eigenvalue weighted by atomic mass is 16.7. The number of carboxylic acids is 1. The van der Waals surface area contributed by atoms with Crippen LogP contribution in [0.25, 0.3) is 0 Å². The number of unbranched alkanes of at least 4 members (excludes halogenated alkanes) is 3. The lowest BCUT2D eigenvalue weighted by atomic mass is 10.0. The summed E-state index contributed by atoms with van der Waals surface area (Å²) in [6, 6.07) is 0. The molecule has 0 unspecified atom stereocenters. The van der Waals surface area contributed by atoms with Gasteiger partial charge in [0.15, 0.2) is 6.29 Å². The summed E-state index contributed by atoms with van der Waals surface area (Å²) in [6.45, 7) is 2.23. The van der Waals surface area contributed by atoms with Crippen molar-refractivity contribution in [1.29, 1.82) is 0 Å². The predicted molar refractivity (Wildman–Crippen MR) is 72.2 cm³/mol. The SMILES string of the molecule is C[C@@H]1O[C@@H](OCCCCC/C=C/C(=O)O)[C@H](O)C[C@H]1O. The van der Waals surface area contributed by atoms with E-state index < -0.39 is 24.5 Å². The molecule has 20 heavy (non-hydrogen) atoms. The summed E-state index contributed by atoms with van der Waals surface area (Å²) in [6.07, 6.45) is 4.00. The minimum absolute atomic E-state index is 0.270. The zero-order chi connectivity index (χ0) is 15.0. The molecule has 0 aromatic rings. The van der Waals surface area contributed by atoms with E-state index in [9.17, 15) is 15.0 Å². The van der Waals surface area contributed by atoms with E-state index in [0.29, 0.717) is 6.61 Å². The van der Waals surface area contributed by atoms with Crippen molar-refractivity contribution in [2.24, 2.45) is 0 Å². The Bertz CT molecular complexity index is 317. The van der Waals surface area contributed by atoms with Crippen molar-refractivity contribution in [2.45, 2.75) is 63.6 Å². The van der Waals surface area contributed by atoms with Crippen molar-refractivity contribution in [3.05, 3.63) is 12.2 Å². The van der Waals surface area contributed by atoms with Gasteiger partial charge in [-0.25, -0.2) is 4.79 Å². The number of aliphatic hydroxyl groups is 2. The third-order valence-electron chi connectivity index (χ3n) is 3.25. The average Bonchev–Trinajstić information content (AvgIpc) is 2.38. The molecule has 0 aliphatic carbocycles. The molecule has 6 heteroatoms. The summed E-state index contributed by atoms with van der Waals surface area (Å²) >= 11 is 0. The van der Waals surface area contributed by atoms with Gasteiger partial charge in [0.05, 0.1) is 12.2 Å². The van der Waals surface area contributed by atoms with Crippen LogP contribution in [-0.2, 0) is 14.3 Å². The maximum Gasteiger partial charge on any atom is 0.327 e. The summed E-state index contributed by atoms with van der Waals surface area (Å²) in [5.74, 6) is -0.923. The molecular weight excluding hydrogens is 264 g/mol. The van der Waals surface area contributed by atoms with E-state index in [1.54, 1.807) is 13.0 Å². The van der Waals surface area contributed by atoms with E-state index in [1.165, 1.54) is 0 Å². The van der Waals surface area contributed by atoms with Crippen LogP contribution in [0, 0.1) is 0 Å². The minimum Gasteiger partial charge on any atom is -0.478 e. The minimum atomic E-state index is -0.923. The number of rotatable bonds is 8. The largest absolute Gasteiger partial charge is 0.478 e. The van der Waals surface area contributed by atoms with Crippen LogP contribution >= 0.6 is 0 Å². The Morgan fingerprint density at radius 3 is 2.75 bits per heavy atom. The zero-order valence-electron chi connectivity index (χ0n) is 11.8. The van der Waals surface area contributed by atoms with Crippen molar-refractivity contribution in [3.8, 4) is 0 Å². The van der Waals surface area contributed by atoms with Crippen LogP contribution in [0.1, 0.15) is 39.0 Å². The van der Waals surface area contributed by atoms with Gasteiger partial charge in [-0.2, -0.15) is 0 Å². The fraction of sp³-hybridized carbons (Fsp3) is 0.786. The molecule has 6 nitrogen and oxygen atoms in total. The van der Waals surface area contributed by atoms with Crippen LogP contribution in [-0.4, -0.2) is 52.5 Å².